The van der Waals surface area contributed by atoms with Crippen LogP contribution in [0, 0.1) is 0 Å². The first-order valence-electron chi connectivity index (χ1n) is 10.5. The fourth-order valence-corrected chi connectivity index (χ4v) is 4.21. The first-order valence-corrected chi connectivity index (χ1v) is 10.5. The van der Waals surface area contributed by atoms with Crippen molar-refractivity contribution in [1.82, 2.24) is 14.6 Å². The molecule has 2 aliphatic heterocycles. The molecule has 4 aromatic rings. The maximum absolute atomic E-state index is 6.32. The van der Waals surface area contributed by atoms with E-state index in [4.69, 9.17) is 19.2 Å². The summed E-state index contributed by atoms with van der Waals surface area (Å²) in [5, 5.41) is 2.29. The standard InChI is InChI=1S/C24H22N4O3/c1-2-4-22-21(3-1)30-16-23(31-22)24-26-19-6-5-18(17-7-9-25-10-8-17)15-20(19)28(24)27-11-13-29-14-12-27/h1-10,15,23H,11-14,16H2. The Hall–Kier alpha value is -3.58. The number of hydrogen-bond acceptors (Lipinski definition) is 6. The van der Waals surface area contributed by atoms with Gasteiger partial charge in [-0.2, -0.15) is 0 Å². The number of benzene rings is 2. The van der Waals surface area contributed by atoms with E-state index in [1.807, 2.05) is 48.8 Å². The van der Waals surface area contributed by atoms with Gasteiger partial charge in [0.05, 0.1) is 37.3 Å². The third-order valence-corrected chi connectivity index (χ3v) is 5.74. The van der Waals surface area contributed by atoms with E-state index in [1.54, 1.807) is 0 Å². The SMILES string of the molecule is c1ccc2c(c1)OCC(c1nc3ccc(-c4ccncc4)cc3n1N1CCOCC1)O2. The van der Waals surface area contributed by atoms with Crippen molar-refractivity contribution in [3.63, 3.8) is 0 Å². The summed E-state index contributed by atoms with van der Waals surface area (Å²) in [4.78, 5) is 9.12. The molecule has 31 heavy (non-hydrogen) atoms. The average molecular weight is 414 g/mol. The molecular weight excluding hydrogens is 392 g/mol. The minimum atomic E-state index is -0.297. The molecule has 2 aliphatic rings. The maximum Gasteiger partial charge on any atom is 0.192 e. The number of rotatable bonds is 3. The molecule has 7 heteroatoms. The topological polar surface area (TPSA) is 61.6 Å². The summed E-state index contributed by atoms with van der Waals surface area (Å²) in [6.45, 7) is 3.38. The quantitative estimate of drug-likeness (QED) is 0.511. The van der Waals surface area contributed by atoms with Gasteiger partial charge in [-0.1, -0.05) is 18.2 Å². The van der Waals surface area contributed by atoms with E-state index in [9.17, 15) is 0 Å². The summed E-state index contributed by atoms with van der Waals surface area (Å²) < 4.78 is 20.1. The minimum absolute atomic E-state index is 0.297. The van der Waals surface area contributed by atoms with Gasteiger partial charge in [0.25, 0.3) is 0 Å². The van der Waals surface area contributed by atoms with E-state index >= 15 is 0 Å². The van der Waals surface area contributed by atoms with Crippen molar-refractivity contribution in [1.29, 1.82) is 0 Å². The number of imidazole rings is 1. The number of para-hydroxylation sites is 2. The van der Waals surface area contributed by atoms with E-state index in [0.29, 0.717) is 19.8 Å². The van der Waals surface area contributed by atoms with Crippen LogP contribution in [0.2, 0.25) is 0 Å². The molecule has 0 amide bonds. The van der Waals surface area contributed by atoms with Gasteiger partial charge in [0.15, 0.2) is 23.4 Å². The highest BCUT2D eigenvalue weighted by atomic mass is 16.6. The lowest BCUT2D eigenvalue weighted by Crippen LogP contribution is -2.45. The number of fused-ring (bicyclic) bond motifs is 2. The fourth-order valence-electron chi connectivity index (χ4n) is 4.21. The lowest BCUT2D eigenvalue weighted by atomic mass is 10.1. The minimum Gasteiger partial charge on any atom is -0.485 e. The first-order chi connectivity index (χ1) is 15.4. The van der Waals surface area contributed by atoms with Crippen LogP contribution >= 0.6 is 0 Å². The molecule has 0 spiro atoms. The highest BCUT2D eigenvalue weighted by Crippen LogP contribution is 2.37. The van der Waals surface area contributed by atoms with E-state index in [0.717, 1.165) is 52.6 Å². The summed E-state index contributed by atoms with van der Waals surface area (Å²) >= 11 is 0. The van der Waals surface area contributed by atoms with Crippen LogP contribution in [-0.2, 0) is 4.74 Å². The molecule has 156 valence electrons. The van der Waals surface area contributed by atoms with Crippen molar-refractivity contribution in [3.05, 3.63) is 72.8 Å². The average Bonchev–Trinajstić information content (AvgIpc) is 3.23. The highest BCUT2D eigenvalue weighted by molar-refractivity contribution is 5.83. The number of pyridine rings is 1. The van der Waals surface area contributed by atoms with Crippen molar-refractivity contribution in [3.8, 4) is 22.6 Å². The number of nitrogens with zero attached hydrogens (tertiary/aromatic N) is 4. The molecule has 1 unspecified atom stereocenters. The van der Waals surface area contributed by atoms with E-state index < -0.39 is 0 Å². The largest absolute Gasteiger partial charge is 0.485 e. The smallest absolute Gasteiger partial charge is 0.192 e. The van der Waals surface area contributed by atoms with Crippen molar-refractivity contribution in [2.45, 2.75) is 6.10 Å². The Morgan fingerprint density at radius 1 is 0.871 bits per heavy atom. The van der Waals surface area contributed by atoms with Gasteiger partial charge in [-0.3, -0.25) is 4.98 Å². The Bertz CT molecular complexity index is 1220. The highest BCUT2D eigenvalue weighted by Gasteiger charge is 2.30. The summed E-state index contributed by atoms with van der Waals surface area (Å²) in [6, 6.07) is 18.2. The molecule has 7 nitrogen and oxygen atoms in total. The summed E-state index contributed by atoms with van der Waals surface area (Å²) in [5.41, 5.74) is 4.23. The Kier molecular flexibility index (Phi) is 4.46. The van der Waals surface area contributed by atoms with E-state index in [1.165, 1.54) is 0 Å². The van der Waals surface area contributed by atoms with Gasteiger partial charge in [0.1, 0.15) is 6.61 Å². The van der Waals surface area contributed by atoms with Crippen LogP contribution in [0.15, 0.2) is 67.0 Å². The van der Waals surface area contributed by atoms with Gasteiger partial charge in [0, 0.05) is 12.4 Å². The van der Waals surface area contributed by atoms with E-state index in [-0.39, 0.29) is 6.10 Å². The first kappa shape index (κ1) is 18.2. The zero-order valence-electron chi connectivity index (χ0n) is 17.0. The summed E-state index contributed by atoms with van der Waals surface area (Å²) in [5.74, 6) is 2.36. The zero-order valence-corrected chi connectivity index (χ0v) is 17.0. The number of hydrogen-bond donors (Lipinski definition) is 0. The summed E-state index contributed by atoms with van der Waals surface area (Å²) in [7, 11) is 0. The van der Waals surface area contributed by atoms with Crippen LogP contribution in [-0.4, -0.2) is 47.6 Å². The molecule has 0 aliphatic carbocycles. The Morgan fingerprint density at radius 3 is 2.52 bits per heavy atom. The number of aromatic nitrogens is 3. The number of ether oxygens (including phenoxy) is 3. The second-order valence-corrected chi connectivity index (χ2v) is 7.65. The van der Waals surface area contributed by atoms with Crippen LogP contribution < -0.4 is 14.5 Å². The maximum atomic E-state index is 6.32. The molecular formula is C24H22N4O3. The second kappa shape index (κ2) is 7.59. The van der Waals surface area contributed by atoms with Gasteiger partial charge in [-0.05, 0) is 47.5 Å². The third-order valence-electron chi connectivity index (χ3n) is 5.74. The van der Waals surface area contributed by atoms with Crippen LogP contribution in [0.3, 0.4) is 0 Å². The van der Waals surface area contributed by atoms with Gasteiger partial charge in [-0.25, -0.2) is 9.66 Å². The van der Waals surface area contributed by atoms with Crippen LogP contribution in [0.25, 0.3) is 22.2 Å². The predicted octanol–water partition coefficient (Wildman–Crippen LogP) is 3.58. The molecule has 2 aromatic heterocycles. The predicted molar refractivity (Wildman–Crippen MR) is 117 cm³/mol. The molecule has 1 atom stereocenters. The molecule has 1 fully saturated rings. The molecule has 6 rings (SSSR count). The van der Waals surface area contributed by atoms with Crippen molar-refractivity contribution in [2.24, 2.45) is 0 Å². The third kappa shape index (κ3) is 3.27. The van der Waals surface area contributed by atoms with Crippen LogP contribution in [0.4, 0.5) is 0 Å². The molecule has 2 aromatic carbocycles. The monoisotopic (exact) mass is 414 g/mol. The van der Waals surface area contributed by atoms with Gasteiger partial charge >= 0.3 is 0 Å². The van der Waals surface area contributed by atoms with Crippen LogP contribution in [0.5, 0.6) is 11.5 Å². The molecule has 1 saturated heterocycles. The Balaban J connectivity index is 1.47. The Labute approximate surface area is 179 Å². The van der Waals surface area contributed by atoms with Gasteiger partial charge < -0.3 is 19.2 Å². The molecule has 0 bridgehead atoms. The lowest BCUT2D eigenvalue weighted by molar-refractivity contribution is 0.0780. The normalized spacial score (nSPS) is 18.3. The van der Waals surface area contributed by atoms with Crippen LogP contribution in [0.1, 0.15) is 11.9 Å². The molecule has 0 saturated carbocycles. The Morgan fingerprint density at radius 2 is 1.68 bits per heavy atom. The molecule has 0 radical (unpaired) electrons. The molecule has 0 N–H and O–H groups in total. The zero-order chi connectivity index (χ0) is 20.6. The van der Waals surface area contributed by atoms with Crippen molar-refractivity contribution in [2.75, 3.05) is 37.9 Å². The second-order valence-electron chi connectivity index (χ2n) is 7.65. The lowest BCUT2D eigenvalue weighted by Gasteiger charge is -2.33. The van der Waals surface area contributed by atoms with Gasteiger partial charge in [0.2, 0.25) is 0 Å². The van der Waals surface area contributed by atoms with Gasteiger partial charge in [-0.15, -0.1) is 0 Å². The number of morpholine rings is 1. The van der Waals surface area contributed by atoms with Crippen molar-refractivity contribution >= 4 is 11.0 Å². The van der Waals surface area contributed by atoms with E-state index in [2.05, 4.69) is 32.9 Å². The fraction of sp³-hybridized carbons (Fsp3) is 0.250. The molecule has 4 heterocycles. The summed E-state index contributed by atoms with van der Waals surface area (Å²) in [6.07, 6.45) is 3.33. The van der Waals surface area contributed by atoms with Crippen molar-refractivity contribution < 1.29 is 14.2 Å².